The Bertz CT molecular complexity index is 995. The summed E-state index contributed by atoms with van der Waals surface area (Å²) in [5, 5.41) is 3.12. The van der Waals surface area contributed by atoms with E-state index in [-0.39, 0.29) is 17.6 Å². The fourth-order valence-electron chi connectivity index (χ4n) is 2.69. The largest absolute Gasteiger partial charge is 0.406 e. The van der Waals surface area contributed by atoms with E-state index < -0.39 is 24.2 Å². The molecule has 1 aromatic heterocycles. The standard InChI is InChI=1S/C19H15F3N2O2/c20-19(21,22)12-24-16(10-14-8-4-5-9-15(14)18(24)26)17(25)23-11-13-6-2-1-3-7-13/h1-10H,11-12H2,(H,23,25). The van der Waals surface area contributed by atoms with Crippen LogP contribution in [0.3, 0.4) is 0 Å². The highest BCUT2D eigenvalue weighted by Crippen LogP contribution is 2.20. The molecule has 3 aromatic rings. The van der Waals surface area contributed by atoms with Crippen LogP contribution in [0, 0.1) is 0 Å². The van der Waals surface area contributed by atoms with Gasteiger partial charge in [-0.3, -0.25) is 14.2 Å². The third-order valence-electron chi connectivity index (χ3n) is 3.89. The maximum atomic E-state index is 12.9. The number of aromatic nitrogens is 1. The summed E-state index contributed by atoms with van der Waals surface area (Å²) in [6, 6.07) is 16.5. The van der Waals surface area contributed by atoms with Crippen molar-refractivity contribution in [3.63, 3.8) is 0 Å². The lowest BCUT2D eigenvalue weighted by molar-refractivity contribution is -0.141. The Balaban J connectivity index is 2.01. The minimum Gasteiger partial charge on any atom is -0.347 e. The highest BCUT2D eigenvalue weighted by molar-refractivity contribution is 5.96. The van der Waals surface area contributed by atoms with Crippen LogP contribution in [0.1, 0.15) is 16.1 Å². The first-order valence-corrected chi connectivity index (χ1v) is 7.86. The molecule has 2 aromatic carbocycles. The zero-order valence-corrected chi connectivity index (χ0v) is 13.6. The number of halogens is 3. The lowest BCUT2D eigenvalue weighted by Crippen LogP contribution is -2.35. The summed E-state index contributed by atoms with van der Waals surface area (Å²) in [7, 11) is 0. The average Bonchev–Trinajstić information content (AvgIpc) is 2.62. The normalized spacial score (nSPS) is 11.5. The minimum atomic E-state index is -4.62. The second-order valence-corrected chi connectivity index (χ2v) is 5.79. The Morgan fingerprint density at radius 2 is 1.65 bits per heavy atom. The Kier molecular flexibility index (Phi) is 4.79. The van der Waals surface area contributed by atoms with Gasteiger partial charge < -0.3 is 5.32 Å². The van der Waals surface area contributed by atoms with E-state index >= 15 is 0 Å². The number of rotatable bonds is 4. The first kappa shape index (κ1) is 17.7. The topological polar surface area (TPSA) is 51.1 Å². The lowest BCUT2D eigenvalue weighted by Gasteiger charge is -2.16. The molecule has 26 heavy (non-hydrogen) atoms. The molecule has 3 rings (SSSR count). The number of fused-ring (bicyclic) bond motifs is 1. The average molecular weight is 360 g/mol. The highest BCUT2D eigenvalue weighted by Gasteiger charge is 2.31. The number of nitrogens with zero attached hydrogens (tertiary/aromatic N) is 1. The van der Waals surface area contributed by atoms with Gasteiger partial charge in [-0.2, -0.15) is 13.2 Å². The molecule has 0 spiro atoms. The van der Waals surface area contributed by atoms with Crippen LogP contribution in [-0.4, -0.2) is 16.7 Å². The van der Waals surface area contributed by atoms with E-state index in [2.05, 4.69) is 5.32 Å². The Morgan fingerprint density at radius 3 is 2.35 bits per heavy atom. The van der Waals surface area contributed by atoms with Gasteiger partial charge in [-0.05, 0) is 23.1 Å². The summed E-state index contributed by atoms with van der Waals surface area (Å²) in [5.74, 6) is -0.735. The van der Waals surface area contributed by atoms with Crippen LogP contribution in [-0.2, 0) is 13.1 Å². The Hall–Kier alpha value is -3.09. The molecule has 1 N–H and O–H groups in total. The van der Waals surface area contributed by atoms with Crippen molar-refractivity contribution in [2.24, 2.45) is 0 Å². The van der Waals surface area contributed by atoms with Crippen molar-refractivity contribution >= 4 is 16.7 Å². The third-order valence-corrected chi connectivity index (χ3v) is 3.89. The van der Waals surface area contributed by atoms with Crippen molar-refractivity contribution in [1.29, 1.82) is 0 Å². The van der Waals surface area contributed by atoms with Crippen molar-refractivity contribution in [3.8, 4) is 0 Å². The van der Waals surface area contributed by atoms with Gasteiger partial charge in [-0.15, -0.1) is 0 Å². The van der Waals surface area contributed by atoms with Gasteiger partial charge in [0.05, 0.1) is 0 Å². The maximum absolute atomic E-state index is 12.9. The van der Waals surface area contributed by atoms with Crippen molar-refractivity contribution in [3.05, 3.63) is 82.3 Å². The van der Waals surface area contributed by atoms with Crippen LogP contribution in [0.4, 0.5) is 13.2 Å². The quantitative estimate of drug-likeness (QED) is 0.774. The summed E-state index contributed by atoms with van der Waals surface area (Å²) in [5.41, 5.74) is -0.362. The predicted octanol–water partition coefficient (Wildman–Crippen LogP) is 3.49. The molecule has 0 radical (unpaired) electrons. The van der Waals surface area contributed by atoms with Gasteiger partial charge in [0.15, 0.2) is 0 Å². The third kappa shape index (κ3) is 3.93. The van der Waals surface area contributed by atoms with Gasteiger partial charge in [0.2, 0.25) is 0 Å². The smallest absolute Gasteiger partial charge is 0.347 e. The molecule has 0 saturated heterocycles. The molecule has 0 aliphatic carbocycles. The summed E-state index contributed by atoms with van der Waals surface area (Å²) in [6.07, 6.45) is -4.62. The number of hydrogen-bond acceptors (Lipinski definition) is 2. The second kappa shape index (κ2) is 7.03. The first-order valence-electron chi connectivity index (χ1n) is 7.86. The highest BCUT2D eigenvalue weighted by atomic mass is 19.4. The molecule has 0 bridgehead atoms. The monoisotopic (exact) mass is 360 g/mol. The van der Waals surface area contributed by atoms with E-state index in [1.165, 1.54) is 12.1 Å². The molecule has 0 saturated carbocycles. The van der Waals surface area contributed by atoms with Gasteiger partial charge in [0.25, 0.3) is 11.5 Å². The summed E-state index contributed by atoms with van der Waals surface area (Å²) in [6.45, 7) is -1.38. The Morgan fingerprint density at radius 1 is 1.00 bits per heavy atom. The first-order chi connectivity index (χ1) is 12.3. The number of carbonyl (C=O) groups is 1. The molecular weight excluding hydrogens is 345 g/mol. The fourth-order valence-corrected chi connectivity index (χ4v) is 2.69. The zero-order chi connectivity index (χ0) is 18.7. The number of carbonyl (C=O) groups excluding carboxylic acids is 1. The van der Waals surface area contributed by atoms with Crippen LogP contribution in [0.5, 0.6) is 0 Å². The van der Waals surface area contributed by atoms with Gasteiger partial charge >= 0.3 is 6.18 Å². The van der Waals surface area contributed by atoms with Crippen molar-refractivity contribution in [1.82, 2.24) is 9.88 Å². The van der Waals surface area contributed by atoms with Crippen LogP contribution in [0.25, 0.3) is 10.8 Å². The number of amides is 1. The molecule has 0 atom stereocenters. The van der Waals surface area contributed by atoms with Crippen molar-refractivity contribution in [2.45, 2.75) is 19.3 Å². The fraction of sp³-hybridized carbons (Fsp3) is 0.158. The number of alkyl halides is 3. The predicted molar refractivity (Wildman–Crippen MR) is 91.9 cm³/mol. The van der Waals surface area contributed by atoms with Crippen molar-refractivity contribution < 1.29 is 18.0 Å². The summed E-state index contributed by atoms with van der Waals surface area (Å²) >= 11 is 0. The molecule has 1 amide bonds. The molecular formula is C19H15F3N2O2. The SMILES string of the molecule is O=C(NCc1ccccc1)c1cc2ccccc2c(=O)n1CC(F)(F)F. The van der Waals surface area contributed by atoms with Crippen LogP contribution in [0.15, 0.2) is 65.5 Å². The van der Waals surface area contributed by atoms with Crippen LogP contribution < -0.4 is 10.9 Å². The minimum absolute atomic E-state index is 0.136. The molecule has 0 aliphatic rings. The molecule has 1 heterocycles. The summed E-state index contributed by atoms with van der Waals surface area (Å²) in [4.78, 5) is 25.0. The number of hydrogen-bond donors (Lipinski definition) is 1. The molecule has 7 heteroatoms. The van der Waals surface area contributed by atoms with Gasteiger partial charge in [0, 0.05) is 11.9 Å². The Labute approximate surface area is 146 Å². The second-order valence-electron chi connectivity index (χ2n) is 5.79. The molecule has 0 aliphatic heterocycles. The van der Waals surface area contributed by atoms with Crippen LogP contribution >= 0.6 is 0 Å². The van der Waals surface area contributed by atoms with Gasteiger partial charge in [-0.25, -0.2) is 0 Å². The molecule has 4 nitrogen and oxygen atoms in total. The van der Waals surface area contributed by atoms with E-state index in [1.54, 1.807) is 42.5 Å². The molecule has 134 valence electrons. The van der Waals surface area contributed by atoms with Gasteiger partial charge in [-0.1, -0.05) is 48.5 Å². The lowest BCUT2D eigenvalue weighted by atomic mass is 10.1. The van der Waals surface area contributed by atoms with Gasteiger partial charge in [0.1, 0.15) is 12.2 Å². The maximum Gasteiger partial charge on any atom is 0.406 e. The molecule has 0 fully saturated rings. The van der Waals surface area contributed by atoms with E-state index in [4.69, 9.17) is 0 Å². The zero-order valence-electron chi connectivity index (χ0n) is 13.6. The summed E-state index contributed by atoms with van der Waals surface area (Å²) < 4.78 is 39.2. The van der Waals surface area contributed by atoms with E-state index in [0.29, 0.717) is 9.95 Å². The van der Waals surface area contributed by atoms with E-state index in [9.17, 15) is 22.8 Å². The number of nitrogens with one attached hydrogen (secondary N) is 1. The van der Waals surface area contributed by atoms with Crippen LogP contribution in [0.2, 0.25) is 0 Å². The number of benzene rings is 2. The van der Waals surface area contributed by atoms with Crippen molar-refractivity contribution in [2.75, 3.05) is 0 Å². The number of pyridine rings is 1. The van der Waals surface area contributed by atoms with E-state index in [1.807, 2.05) is 6.07 Å². The molecule has 0 unspecified atom stereocenters. The van der Waals surface area contributed by atoms with E-state index in [0.717, 1.165) is 5.56 Å².